The Morgan fingerprint density at radius 1 is 1.15 bits per heavy atom. The van der Waals surface area contributed by atoms with Gasteiger partial charge in [-0.3, -0.25) is 0 Å². The van der Waals surface area contributed by atoms with E-state index >= 15 is 0 Å². The van der Waals surface area contributed by atoms with Crippen molar-refractivity contribution in [1.82, 2.24) is 15.6 Å². The lowest BCUT2D eigenvalue weighted by Crippen LogP contribution is -2.44. The molecule has 0 bridgehead atoms. The van der Waals surface area contributed by atoms with Gasteiger partial charge in [-0.1, -0.05) is 51.1 Å². The van der Waals surface area contributed by atoms with Crippen LogP contribution in [0.4, 0.5) is 0 Å². The molecule has 0 amide bonds. The second-order valence-electron chi connectivity index (χ2n) is 7.56. The minimum atomic E-state index is -1.00. The Morgan fingerprint density at radius 2 is 1.81 bits per heavy atom. The predicted octanol–water partition coefficient (Wildman–Crippen LogP) is 3.55. The van der Waals surface area contributed by atoms with Gasteiger partial charge < -0.3 is 20.2 Å². The van der Waals surface area contributed by atoms with Crippen LogP contribution in [-0.2, 0) is 17.6 Å². The number of hydrogen-bond donors (Lipinski definition) is 3. The topological polar surface area (TPSA) is 82.7 Å². The lowest BCUT2D eigenvalue weighted by molar-refractivity contribution is 0.0617. The Balaban J connectivity index is 0.00000364. The van der Waals surface area contributed by atoms with Crippen LogP contribution >= 0.6 is 24.0 Å². The van der Waals surface area contributed by atoms with E-state index in [0.29, 0.717) is 24.9 Å². The standard InChI is InChI=1S/C20H30N4O2.HI/c1-6-21-18(23-13-17-22-12-16(26-17)19(2,3)4)24-14-20(5,25)15-10-8-7-9-11-15;/h7-12,25H,6,13-14H2,1-5H3,(H2,21,23,24);1H. The van der Waals surface area contributed by atoms with Gasteiger partial charge in [-0.25, -0.2) is 9.98 Å². The lowest BCUT2D eigenvalue weighted by Gasteiger charge is -2.25. The van der Waals surface area contributed by atoms with Gasteiger partial charge in [0, 0.05) is 12.0 Å². The van der Waals surface area contributed by atoms with Gasteiger partial charge in [-0.2, -0.15) is 0 Å². The fourth-order valence-electron chi connectivity index (χ4n) is 2.37. The van der Waals surface area contributed by atoms with E-state index in [4.69, 9.17) is 4.42 Å². The highest BCUT2D eigenvalue weighted by atomic mass is 127. The van der Waals surface area contributed by atoms with Crippen molar-refractivity contribution in [2.75, 3.05) is 13.1 Å². The number of guanidine groups is 1. The van der Waals surface area contributed by atoms with Crippen molar-refractivity contribution in [2.45, 2.75) is 52.2 Å². The van der Waals surface area contributed by atoms with Crippen LogP contribution in [0, 0.1) is 0 Å². The first-order valence-electron chi connectivity index (χ1n) is 8.97. The van der Waals surface area contributed by atoms with E-state index < -0.39 is 5.60 Å². The number of hydrogen-bond acceptors (Lipinski definition) is 4. The van der Waals surface area contributed by atoms with E-state index in [1.54, 1.807) is 13.1 Å². The summed E-state index contributed by atoms with van der Waals surface area (Å²) in [5.41, 5.74) is -0.225. The van der Waals surface area contributed by atoms with Crippen molar-refractivity contribution in [2.24, 2.45) is 4.99 Å². The molecule has 0 spiro atoms. The quantitative estimate of drug-likeness (QED) is 0.331. The first-order valence-corrected chi connectivity index (χ1v) is 8.97. The summed E-state index contributed by atoms with van der Waals surface area (Å²) in [6.45, 7) is 11.4. The van der Waals surface area contributed by atoms with Crippen molar-refractivity contribution >= 4 is 29.9 Å². The molecule has 1 aromatic carbocycles. The molecule has 150 valence electrons. The maximum atomic E-state index is 10.7. The first kappa shape index (κ1) is 23.4. The zero-order valence-electron chi connectivity index (χ0n) is 16.7. The van der Waals surface area contributed by atoms with E-state index in [1.165, 1.54) is 0 Å². The largest absolute Gasteiger partial charge is 0.443 e. The van der Waals surface area contributed by atoms with Crippen LogP contribution in [0.2, 0.25) is 0 Å². The third kappa shape index (κ3) is 7.14. The SMILES string of the molecule is CCNC(=NCc1ncc(C(C)(C)C)o1)NCC(C)(O)c1ccccc1.I. The minimum Gasteiger partial charge on any atom is -0.443 e. The van der Waals surface area contributed by atoms with E-state index in [0.717, 1.165) is 17.9 Å². The molecule has 1 aromatic heterocycles. The number of oxazole rings is 1. The van der Waals surface area contributed by atoms with Gasteiger partial charge in [0.15, 0.2) is 5.96 Å². The Morgan fingerprint density at radius 3 is 2.37 bits per heavy atom. The average Bonchev–Trinajstić information content (AvgIpc) is 3.07. The Hall–Kier alpha value is -1.61. The van der Waals surface area contributed by atoms with Crippen molar-refractivity contribution in [3.63, 3.8) is 0 Å². The third-order valence-electron chi connectivity index (χ3n) is 4.01. The second kappa shape index (κ2) is 10.1. The Kier molecular flexibility index (Phi) is 8.74. The fraction of sp³-hybridized carbons (Fsp3) is 0.500. The number of aliphatic imine (C=N–C) groups is 1. The molecule has 0 saturated carbocycles. The Labute approximate surface area is 178 Å². The highest BCUT2D eigenvalue weighted by molar-refractivity contribution is 14.0. The molecule has 0 saturated heterocycles. The van der Waals surface area contributed by atoms with Crippen molar-refractivity contribution in [3.05, 3.63) is 53.7 Å². The molecule has 0 radical (unpaired) electrons. The summed E-state index contributed by atoms with van der Waals surface area (Å²) >= 11 is 0. The van der Waals surface area contributed by atoms with E-state index in [1.807, 2.05) is 37.3 Å². The summed E-state index contributed by atoms with van der Waals surface area (Å²) in [6, 6.07) is 9.58. The molecule has 2 aromatic rings. The normalized spacial score (nSPS) is 14.2. The molecule has 2 rings (SSSR count). The van der Waals surface area contributed by atoms with Crippen LogP contribution in [0.25, 0.3) is 0 Å². The third-order valence-corrected chi connectivity index (χ3v) is 4.01. The monoisotopic (exact) mass is 486 g/mol. The van der Waals surface area contributed by atoms with E-state index in [9.17, 15) is 5.11 Å². The molecule has 7 heteroatoms. The molecule has 0 aliphatic rings. The molecule has 27 heavy (non-hydrogen) atoms. The van der Waals surface area contributed by atoms with Crippen LogP contribution in [0.15, 0.2) is 45.9 Å². The number of benzene rings is 1. The number of aromatic nitrogens is 1. The van der Waals surface area contributed by atoms with Crippen LogP contribution in [0.3, 0.4) is 0 Å². The Bertz CT molecular complexity index is 721. The van der Waals surface area contributed by atoms with Crippen LogP contribution in [-0.4, -0.2) is 29.1 Å². The zero-order valence-corrected chi connectivity index (χ0v) is 19.1. The van der Waals surface area contributed by atoms with Gasteiger partial charge >= 0.3 is 0 Å². The molecule has 6 nitrogen and oxygen atoms in total. The second-order valence-corrected chi connectivity index (χ2v) is 7.56. The number of aliphatic hydroxyl groups is 1. The van der Waals surface area contributed by atoms with Crippen LogP contribution in [0.1, 0.15) is 51.8 Å². The van der Waals surface area contributed by atoms with Crippen molar-refractivity contribution in [3.8, 4) is 0 Å². The summed E-state index contributed by atoms with van der Waals surface area (Å²) in [4.78, 5) is 8.80. The van der Waals surface area contributed by atoms with Gasteiger partial charge in [0.2, 0.25) is 5.89 Å². The van der Waals surface area contributed by atoms with Gasteiger partial charge in [-0.15, -0.1) is 24.0 Å². The highest BCUT2D eigenvalue weighted by Gasteiger charge is 2.23. The molecule has 3 N–H and O–H groups in total. The van der Waals surface area contributed by atoms with Gasteiger partial charge in [0.25, 0.3) is 0 Å². The molecule has 0 aliphatic carbocycles. The summed E-state index contributed by atoms with van der Waals surface area (Å²) in [6.07, 6.45) is 1.76. The van der Waals surface area contributed by atoms with E-state index in [2.05, 4.69) is 41.4 Å². The van der Waals surface area contributed by atoms with Crippen LogP contribution < -0.4 is 10.6 Å². The van der Waals surface area contributed by atoms with Crippen molar-refractivity contribution < 1.29 is 9.52 Å². The fourth-order valence-corrected chi connectivity index (χ4v) is 2.37. The number of nitrogens with one attached hydrogen (secondary N) is 2. The van der Waals surface area contributed by atoms with Crippen LogP contribution in [0.5, 0.6) is 0 Å². The zero-order chi connectivity index (χ0) is 19.2. The predicted molar refractivity (Wildman–Crippen MR) is 119 cm³/mol. The summed E-state index contributed by atoms with van der Waals surface area (Å²) in [5.74, 6) is 2.02. The lowest BCUT2D eigenvalue weighted by atomic mass is 9.94. The maximum Gasteiger partial charge on any atom is 0.216 e. The number of nitrogens with zero attached hydrogens (tertiary/aromatic N) is 2. The van der Waals surface area contributed by atoms with Gasteiger partial charge in [0.05, 0.1) is 12.7 Å². The molecular weight excluding hydrogens is 455 g/mol. The minimum absolute atomic E-state index is 0. The maximum absolute atomic E-state index is 10.7. The van der Waals surface area contributed by atoms with Gasteiger partial charge in [-0.05, 0) is 19.4 Å². The molecule has 0 aliphatic heterocycles. The summed E-state index contributed by atoms with van der Waals surface area (Å²) in [7, 11) is 0. The summed E-state index contributed by atoms with van der Waals surface area (Å²) < 4.78 is 5.77. The number of halogens is 1. The molecule has 1 atom stereocenters. The smallest absolute Gasteiger partial charge is 0.216 e. The van der Waals surface area contributed by atoms with Gasteiger partial charge in [0.1, 0.15) is 17.9 Å². The highest BCUT2D eigenvalue weighted by Crippen LogP contribution is 2.23. The van der Waals surface area contributed by atoms with Crippen molar-refractivity contribution in [1.29, 1.82) is 0 Å². The molecule has 1 unspecified atom stereocenters. The average molecular weight is 486 g/mol. The number of rotatable bonds is 6. The molecule has 1 heterocycles. The first-order chi connectivity index (χ1) is 12.2. The molecule has 0 fully saturated rings. The van der Waals surface area contributed by atoms with E-state index in [-0.39, 0.29) is 29.4 Å². The summed E-state index contributed by atoms with van der Waals surface area (Å²) in [5, 5.41) is 17.1. The molecular formula is C20H31IN4O2.